The van der Waals surface area contributed by atoms with Crippen molar-refractivity contribution in [1.29, 1.82) is 0 Å². The maximum absolute atomic E-state index is 13.7. The lowest BCUT2D eigenvalue weighted by Crippen LogP contribution is -2.29. The van der Waals surface area contributed by atoms with Crippen molar-refractivity contribution < 1.29 is 4.39 Å². The second-order valence-corrected chi connectivity index (χ2v) is 8.96. The van der Waals surface area contributed by atoms with Gasteiger partial charge in [-0.3, -0.25) is 9.48 Å². The minimum absolute atomic E-state index is 0.00410. The van der Waals surface area contributed by atoms with Crippen molar-refractivity contribution in [2.45, 2.75) is 26.1 Å². The molecule has 1 atom stereocenters. The molecule has 7 heteroatoms. The van der Waals surface area contributed by atoms with Gasteiger partial charge in [0.25, 0.3) is 5.56 Å². The Bertz CT molecular complexity index is 1610. The molecule has 1 unspecified atom stereocenters. The fourth-order valence-electron chi connectivity index (χ4n) is 4.82. The van der Waals surface area contributed by atoms with Crippen LogP contribution in [0, 0.1) is 5.82 Å². The van der Waals surface area contributed by atoms with E-state index in [1.165, 1.54) is 12.1 Å². The van der Waals surface area contributed by atoms with Gasteiger partial charge in [0.1, 0.15) is 5.82 Å². The zero-order valence-corrected chi connectivity index (χ0v) is 19.7. The Hall–Kier alpha value is -4.52. The highest BCUT2D eigenvalue weighted by Crippen LogP contribution is 2.33. The van der Waals surface area contributed by atoms with E-state index in [2.05, 4.69) is 35.4 Å². The molecule has 6 nitrogen and oxygen atoms in total. The molecule has 1 N–H and O–H groups in total. The van der Waals surface area contributed by atoms with E-state index in [1.807, 2.05) is 47.1 Å². The Balaban J connectivity index is 1.48. The molecule has 6 rings (SSSR count). The lowest BCUT2D eigenvalue weighted by molar-refractivity contribution is 0.476. The summed E-state index contributed by atoms with van der Waals surface area (Å²) in [6.45, 7) is 3.05. The van der Waals surface area contributed by atoms with E-state index in [4.69, 9.17) is 4.98 Å². The number of anilines is 1. The average molecular weight is 478 g/mol. The van der Waals surface area contributed by atoms with Crippen LogP contribution in [0.1, 0.15) is 29.7 Å². The van der Waals surface area contributed by atoms with E-state index in [-0.39, 0.29) is 17.4 Å². The fraction of sp³-hybridized carbons (Fsp3) is 0.138. The molecule has 0 amide bonds. The molecule has 2 aromatic heterocycles. The van der Waals surface area contributed by atoms with Gasteiger partial charge in [0.15, 0.2) is 0 Å². The highest BCUT2D eigenvalue weighted by Gasteiger charge is 2.27. The normalized spacial score (nSPS) is 13.1. The number of benzene rings is 3. The number of rotatable bonds is 5. The third-order valence-corrected chi connectivity index (χ3v) is 6.67. The maximum atomic E-state index is 13.7. The topological polar surface area (TPSA) is 64.7 Å². The molecule has 0 spiro atoms. The zero-order valence-electron chi connectivity index (χ0n) is 19.7. The van der Waals surface area contributed by atoms with Crippen LogP contribution >= 0.6 is 0 Å². The van der Waals surface area contributed by atoms with Crippen molar-refractivity contribution in [1.82, 2.24) is 19.3 Å². The molecule has 3 heterocycles. The van der Waals surface area contributed by atoms with Crippen LogP contribution in [0.4, 0.5) is 10.3 Å². The largest absolute Gasteiger partial charge is 0.348 e. The van der Waals surface area contributed by atoms with Crippen molar-refractivity contribution in [3.63, 3.8) is 0 Å². The SMILES string of the molecule is CC(Nc1nccc(-c2c(-c3ccc(F)cc3)c(=O)n3n2Cc2ccccc2C3)n1)c1ccccc1. The summed E-state index contributed by atoms with van der Waals surface area (Å²) < 4.78 is 17.5. The van der Waals surface area contributed by atoms with Gasteiger partial charge in [0.05, 0.1) is 36.1 Å². The predicted molar refractivity (Wildman–Crippen MR) is 138 cm³/mol. The van der Waals surface area contributed by atoms with Crippen LogP contribution in [-0.2, 0) is 13.1 Å². The van der Waals surface area contributed by atoms with Crippen molar-refractivity contribution in [3.05, 3.63) is 124 Å². The van der Waals surface area contributed by atoms with E-state index < -0.39 is 0 Å². The zero-order chi connectivity index (χ0) is 24.6. The lowest BCUT2D eigenvalue weighted by Gasteiger charge is -2.22. The summed E-state index contributed by atoms with van der Waals surface area (Å²) in [4.78, 5) is 23.0. The van der Waals surface area contributed by atoms with E-state index in [0.29, 0.717) is 41.6 Å². The molecule has 5 aromatic rings. The molecule has 178 valence electrons. The van der Waals surface area contributed by atoms with Crippen molar-refractivity contribution in [2.24, 2.45) is 0 Å². The first-order chi connectivity index (χ1) is 17.6. The Morgan fingerprint density at radius 2 is 1.53 bits per heavy atom. The molecule has 0 fully saturated rings. The first-order valence-electron chi connectivity index (χ1n) is 11.9. The van der Waals surface area contributed by atoms with E-state index in [1.54, 1.807) is 23.0 Å². The van der Waals surface area contributed by atoms with Gasteiger partial charge < -0.3 is 5.32 Å². The quantitative estimate of drug-likeness (QED) is 0.356. The van der Waals surface area contributed by atoms with Crippen molar-refractivity contribution >= 4 is 5.95 Å². The van der Waals surface area contributed by atoms with Gasteiger partial charge in [-0.05, 0) is 47.4 Å². The van der Waals surface area contributed by atoms with Crippen molar-refractivity contribution in [3.8, 4) is 22.5 Å². The third-order valence-electron chi connectivity index (χ3n) is 6.67. The number of halogens is 1. The second-order valence-electron chi connectivity index (χ2n) is 8.96. The van der Waals surface area contributed by atoms with E-state index in [0.717, 1.165) is 16.7 Å². The Kier molecular flexibility index (Phi) is 5.45. The standard InChI is InChI=1S/C29H24FN5O/c1-19(20-7-3-2-4-8-20)32-29-31-16-15-25(33-29)27-26(21-11-13-24(30)14-12-21)28(36)35-18-23-10-6-5-9-22(23)17-34(27)35/h2-16,19H,17-18H2,1H3,(H,31,32,33). The maximum Gasteiger partial charge on any atom is 0.275 e. The van der Waals surface area contributed by atoms with E-state index >= 15 is 0 Å². The van der Waals surface area contributed by atoms with Crippen LogP contribution in [0.2, 0.25) is 0 Å². The number of hydrogen-bond donors (Lipinski definition) is 1. The summed E-state index contributed by atoms with van der Waals surface area (Å²) in [5.41, 5.74) is 5.74. The second kappa shape index (κ2) is 8.92. The number of nitrogens with zero attached hydrogens (tertiary/aromatic N) is 4. The average Bonchev–Trinajstić information content (AvgIpc) is 3.19. The van der Waals surface area contributed by atoms with Gasteiger partial charge >= 0.3 is 0 Å². The Morgan fingerprint density at radius 3 is 2.25 bits per heavy atom. The molecular formula is C29H24FN5O. The molecule has 0 saturated heterocycles. The molecule has 1 aliphatic rings. The summed E-state index contributed by atoms with van der Waals surface area (Å²) in [5, 5.41) is 3.37. The minimum Gasteiger partial charge on any atom is -0.348 e. The highest BCUT2D eigenvalue weighted by molar-refractivity contribution is 5.79. The molecule has 0 radical (unpaired) electrons. The Labute approximate surface area is 207 Å². The molecule has 1 aliphatic heterocycles. The number of nitrogens with one attached hydrogen (secondary N) is 1. The summed E-state index contributed by atoms with van der Waals surface area (Å²) >= 11 is 0. The molecule has 36 heavy (non-hydrogen) atoms. The van der Waals surface area contributed by atoms with Crippen molar-refractivity contribution in [2.75, 3.05) is 5.32 Å². The number of fused-ring (bicyclic) bond motifs is 2. The summed E-state index contributed by atoms with van der Waals surface area (Å²) in [7, 11) is 0. The third kappa shape index (κ3) is 3.88. The molecule has 3 aromatic carbocycles. The minimum atomic E-state index is -0.347. The molecule has 0 bridgehead atoms. The van der Waals surface area contributed by atoms with Crippen LogP contribution < -0.4 is 10.9 Å². The smallest absolute Gasteiger partial charge is 0.275 e. The van der Waals surface area contributed by atoms with Gasteiger partial charge in [0.2, 0.25) is 5.95 Å². The first-order valence-corrected chi connectivity index (χ1v) is 11.9. The molecule has 0 saturated carbocycles. The predicted octanol–water partition coefficient (Wildman–Crippen LogP) is 5.50. The van der Waals surface area contributed by atoms with Gasteiger partial charge in [0, 0.05) is 6.20 Å². The summed E-state index contributed by atoms with van der Waals surface area (Å²) in [6.07, 6.45) is 1.70. The highest BCUT2D eigenvalue weighted by atomic mass is 19.1. The van der Waals surface area contributed by atoms with Crippen LogP contribution in [0.5, 0.6) is 0 Å². The van der Waals surface area contributed by atoms with E-state index in [9.17, 15) is 9.18 Å². The van der Waals surface area contributed by atoms with Gasteiger partial charge in [-0.2, -0.15) is 0 Å². The number of hydrogen-bond acceptors (Lipinski definition) is 4. The first kappa shape index (κ1) is 22.0. The number of aromatic nitrogens is 4. The lowest BCUT2D eigenvalue weighted by atomic mass is 10.0. The summed E-state index contributed by atoms with van der Waals surface area (Å²) in [5.74, 6) is 0.123. The van der Waals surface area contributed by atoms with Crippen LogP contribution in [0.15, 0.2) is 95.9 Å². The van der Waals surface area contributed by atoms with Crippen LogP contribution in [0.25, 0.3) is 22.5 Å². The van der Waals surface area contributed by atoms with Gasteiger partial charge in [-0.25, -0.2) is 19.0 Å². The van der Waals surface area contributed by atoms with Crippen LogP contribution in [-0.4, -0.2) is 19.3 Å². The molecule has 0 aliphatic carbocycles. The summed E-state index contributed by atoms with van der Waals surface area (Å²) in [6, 6.07) is 26.1. The van der Waals surface area contributed by atoms with Gasteiger partial charge in [-0.15, -0.1) is 0 Å². The van der Waals surface area contributed by atoms with Crippen LogP contribution in [0.3, 0.4) is 0 Å². The monoisotopic (exact) mass is 477 g/mol. The fourth-order valence-corrected chi connectivity index (χ4v) is 4.82. The molecular weight excluding hydrogens is 453 g/mol. The Morgan fingerprint density at radius 1 is 0.861 bits per heavy atom. The van der Waals surface area contributed by atoms with Gasteiger partial charge in [-0.1, -0.05) is 66.7 Å².